The van der Waals surface area contributed by atoms with Crippen molar-refractivity contribution in [3.05, 3.63) is 58.9 Å². The third kappa shape index (κ3) is 3.07. The average Bonchev–Trinajstić information content (AvgIpc) is 2.71. The van der Waals surface area contributed by atoms with E-state index in [1.807, 2.05) is 0 Å². The lowest BCUT2D eigenvalue weighted by Gasteiger charge is -2.14. The Morgan fingerprint density at radius 2 is 1.84 bits per heavy atom. The van der Waals surface area contributed by atoms with E-state index >= 15 is 0 Å². The lowest BCUT2D eigenvalue weighted by molar-refractivity contribution is 0.571. The molecule has 0 fully saturated rings. The van der Waals surface area contributed by atoms with Crippen LogP contribution in [0.15, 0.2) is 36.4 Å². The largest absolute Gasteiger partial charge is 0.349 e. The first-order chi connectivity index (χ1) is 9.13. The van der Waals surface area contributed by atoms with E-state index in [2.05, 4.69) is 74.0 Å². The molecule has 0 bridgehead atoms. The van der Waals surface area contributed by atoms with Gasteiger partial charge in [-0.05, 0) is 44.9 Å². The van der Waals surface area contributed by atoms with E-state index in [0.29, 0.717) is 6.04 Å². The number of aromatic nitrogens is 1. The number of nitrogens with zero attached hydrogens (tertiary/aromatic N) is 1. The molecule has 2 heteroatoms. The third-order valence-electron chi connectivity index (χ3n) is 3.89. The second-order valence-electron chi connectivity index (χ2n) is 5.15. The lowest BCUT2D eigenvalue weighted by atomic mass is 10.1. The van der Waals surface area contributed by atoms with Crippen LogP contribution in [0, 0.1) is 13.8 Å². The molecule has 0 amide bonds. The van der Waals surface area contributed by atoms with Crippen LogP contribution in [0.1, 0.15) is 42.4 Å². The number of hydrogen-bond donors (Lipinski definition) is 1. The molecule has 1 heterocycles. The molecule has 2 aromatic rings. The van der Waals surface area contributed by atoms with Gasteiger partial charge in [0.15, 0.2) is 0 Å². The second-order valence-corrected chi connectivity index (χ2v) is 5.15. The van der Waals surface area contributed by atoms with Gasteiger partial charge in [-0.25, -0.2) is 0 Å². The highest BCUT2D eigenvalue weighted by Gasteiger charge is 2.09. The first-order valence-electron chi connectivity index (χ1n) is 7.07. The highest BCUT2D eigenvalue weighted by Crippen LogP contribution is 2.17. The molecular formula is C17H24N2. The summed E-state index contributed by atoms with van der Waals surface area (Å²) in [5.41, 5.74) is 5.48. The van der Waals surface area contributed by atoms with Crippen LogP contribution >= 0.6 is 0 Å². The van der Waals surface area contributed by atoms with Gasteiger partial charge < -0.3 is 9.88 Å². The minimum atomic E-state index is 0.380. The molecule has 1 atom stereocenters. The normalized spacial score (nSPS) is 12.6. The van der Waals surface area contributed by atoms with Crippen molar-refractivity contribution in [1.82, 2.24) is 9.88 Å². The van der Waals surface area contributed by atoms with Crippen LogP contribution in [-0.2, 0) is 13.1 Å². The van der Waals surface area contributed by atoms with Crippen molar-refractivity contribution in [1.29, 1.82) is 0 Å². The van der Waals surface area contributed by atoms with Gasteiger partial charge in [0.25, 0.3) is 0 Å². The first kappa shape index (κ1) is 13.9. The molecule has 2 nitrogen and oxygen atoms in total. The topological polar surface area (TPSA) is 17.0 Å². The van der Waals surface area contributed by atoms with Gasteiger partial charge in [0, 0.05) is 30.5 Å². The third-order valence-corrected chi connectivity index (χ3v) is 3.89. The fourth-order valence-electron chi connectivity index (χ4n) is 2.66. The standard InChI is InChI=1S/C17H24N2/c1-5-19-13(2)11-17(15(19)4)12-18-14(3)16-9-7-6-8-10-16/h6-11,14,18H,5,12H2,1-4H3. The summed E-state index contributed by atoms with van der Waals surface area (Å²) in [5.74, 6) is 0. The van der Waals surface area contributed by atoms with Crippen molar-refractivity contribution in [3.8, 4) is 0 Å². The minimum Gasteiger partial charge on any atom is -0.349 e. The van der Waals surface area contributed by atoms with Crippen LogP contribution < -0.4 is 5.32 Å². The Kier molecular flexibility index (Phi) is 4.43. The zero-order chi connectivity index (χ0) is 13.8. The number of hydrogen-bond acceptors (Lipinski definition) is 1. The predicted molar refractivity (Wildman–Crippen MR) is 81.3 cm³/mol. The molecule has 19 heavy (non-hydrogen) atoms. The molecule has 0 spiro atoms. The molecular weight excluding hydrogens is 232 g/mol. The highest BCUT2D eigenvalue weighted by atomic mass is 15.0. The maximum atomic E-state index is 3.61. The quantitative estimate of drug-likeness (QED) is 0.856. The molecule has 2 rings (SSSR count). The Morgan fingerprint density at radius 3 is 2.42 bits per heavy atom. The van der Waals surface area contributed by atoms with Crippen molar-refractivity contribution in [2.24, 2.45) is 0 Å². The van der Waals surface area contributed by atoms with Gasteiger partial charge in [0.1, 0.15) is 0 Å². The van der Waals surface area contributed by atoms with Crippen LogP contribution in [0.2, 0.25) is 0 Å². The molecule has 0 saturated heterocycles. The highest BCUT2D eigenvalue weighted by molar-refractivity contribution is 5.27. The van der Waals surface area contributed by atoms with E-state index in [1.165, 1.54) is 22.5 Å². The molecule has 0 aliphatic heterocycles. The van der Waals surface area contributed by atoms with Gasteiger partial charge >= 0.3 is 0 Å². The van der Waals surface area contributed by atoms with E-state index in [4.69, 9.17) is 0 Å². The number of nitrogens with one attached hydrogen (secondary N) is 1. The summed E-state index contributed by atoms with van der Waals surface area (Å²) in [6, 6.07) is 13.3. The van der Waals surface area contributed by atoms with Crippen molar-refractivity contribution >= 4 is 0 Å². The Balaban J connectivity index is 2.03. The molecule has 102 valence electrons. The number of benzene rings is 1. The number of rotatable bonds is 5. The molecule has 0 aliphatic rings. The Labute approximate surface area is 116 Å². The lowest BCUT2D eigenvalue weighted by Crippen LogP contribution is -2.18. The van der Waals surface area contributed by atoms with Crippen LogP contribution in [0.4, 0.5) is 0 Å². The monoisotopic (exact) mass is 256 g/mol. The minimum absolute atomic E-state index is 0.380. The molecule has 0 saturated carbocycles. The van der Waals surface area contributed by atoms with Gasteiger partial charge in [-0.2, -0.15) is 0 Å². The molecule has 0 radical (unpaired) electrons. The van der Waals surface area contributed by atoms with E-state index in [-0.39, 0.29) is 0 Å². The van der Waals surface area contributed by atoms with E-state index in [0.717, 1.165) is 13.1 Å². The van der Waals surface area contributed by atoms with Crippen LogP contribution in [0.3, 0.4) is 0 Å². The summed E-state index contributed by atoms with van der Waals surface area (Å²) in [6.07, 6.45) is 0. The van der Waals surface area contributed by atoms with Crippen molar-refractivity contribution in [2.45, 2.75) is 46.8 Å². The summed E-state index contributed by atoms with van der Waals surface area (Å²) in [6.45, 7) is 10.8. The molecule has 1 aromatic heterocycles. The van der Waals surface area contributed by atoms with E-state index in [9.17, 15) is 0 Å². The molecule has 1 N–H and O–H groups in total. The summed E-state index contributed by atoms with van der Waals surface area (Å²) in [5, 5.41) is 3.61. The van der Waals surface area contributed by atoms with Gasteiger partial charge in [0.2, 0.25) is 0 Å². The first-order valence-corrected chi connectivity index (χ1v) is 7.07. The summed E-state index contributed by atoms with van der Waals surface area (Å²) in [4.78, 5) is 0. The molecule has 1 aromatic carbocycles. The average molecular weight is 256 g/mol. The van der Waals surface area contributed by atoms with Crippen molar-refractivity contribution < 1.29 is 0 Å². The van der Waals surface area contributed by atoms with E-state index in [1.54, 1.807) is 0 Å². The number of aryl methyl sites for hydroxylation is 1. The Morgan fingerprint density at radius 1 is 1.16 bits per heavy atom. The molecule has 1 unspecified atom stereocenters. The fraction of sp³-hybridized carbons (Fsp3) is 0.412. The van der Waals surface area contributed by atoms with Gasteiger partial charge in [-0.3, -0.25) is 0 Å². The molecule has 0 aliphatic carbocycles. The summed E-state index contributed by atoms with van der Waals surface area (Å²) < 4.78 is 2.37. The maximum Gasteiger partial charge on any atom is 0.0294 e. The SMILES string of the molecule is CCn1c(C)cc(CNC(C)c2ccccc2)c1C. The van der Waals surface area contributed by atoms with Crippen LogP contribution in [0.5, 0.6) is 0 Å². The Bertz CT molecular complexity index is 526. The van der Waals surface area contributed by atoms with Crippen LogP contribution in [-0.4, -0.2) is 4.57 Å². The van der Waals surface area contributed by atoms with Crippen molar-refractivity contribution in [2.75, 3.05) is 0 Å². The van der Waals surface area contributed by atoms with Crippen molar-refractivity contribution in [3.63, 3.8) is 0 Å². The second kappa shape index (κ2) is 6.07. The smallest absolute Gasteiger partial charge is 0.0294 e. The fourth-order valence-corrected chi connectivity index (χ4v) is 2.66. The van der Waals surface area contributed by atoms with E-state index < -0.39 is 0 Å². The van der Waals surface area contributed by atoms with Gasteiger partial charge in [-0.15, -0.1) is 0 Å². The Hall–Kier alpha value is -1.54. The summed E-state index contributed by atoms with van der Waals surface area (Å²) in [7, 11) is 0. The zero-order valence-electron chi connectivity index (χ0n) is 12.4. The summed E-state index contributed by atoms with van der Waals surface area (Å²) >= 11 is 0. The zero-order valence-corrected chi connectivity index (χ0v) is 12.4. The predicted octanol–water partition coefficient (Wildman–Crippen LogP) is 3.98. The van der Waals surface area contributed by atoms with Gasteiger partial charge in [0.05, 0.1) is 0 Å². The van der Waals surface area contributed by atoms with Crippen LogP contribution in [0.25, 0.3) is 0 Å². The maximum absolute atomic E-state index is 3.61. The van der Waals surface area contributed by atoms with Gasteiger partial charge in [-0.1, -0.05) is 30.3 Å².